The van der Waals surface area contributed by atoms with Crippen LogP contribution in [0.3, 0.4) is 0 Å². The van der Waals surface area contributed by atoms with Crippen molar-refractivity contribution in [2.24, 2.45) is 0 Å². The predicted octanol–water partition coefficient (Wildman–Crippen LogP) is 3.26. The number of ether oxygens (including phenoxy) is 2. The SMILES string of the molecule is O=C(NCCC1=CCCCC1)c1ccc(OC2CCOCC2)nc1. The normalized spacial score (nSPS) is 18.8. The minimum absolute atomic E-state index is 0.0727. The Bertz CT molecular complexity index is 562. The maximum Gasteiger partial charge on any atom is 0.252 e. The third-order valence-corrected chi connectivity index (χ3v) is 4.57. The van der Waals surface area contributed by atoms with E-state index in [-0.39, 0.29) is 12.0 Å². The van der Waals surface area contributed by atoms with E-state index in [2.05, 4.69) is 16.4 Å². The summed E-state index contributed by atoms with van der Waals surface area (Å²) in [6.07, 6.45) is 11.7. The lowest BCUT2D eigenvalue weighted by Crippen LogP contribution is -2.26. The van der Waals surface area contributed by atoms with Crippen molar-refractivity contribution < 1.29 is 14.3 Å². The van der Waals surface area contributed by atoms with Gasteiger partial charge in [0.25, 0.3) is 5.91 Å². The van der Waals surface area contributed by atoms with Crippen molar-refractivity contribution in [3.8, 4) is 5.88 Å². The second-order valence-electron chi connectivity index (χ2n) is 6.43. The van der Waals surface area contributed by atoms with E-state index in [1.165, 1.54) is 31.3 Å². The summed E-state index contributed by atoms with van der Waals surface area (Å²) in [4.78, 5) is 16.4. The van der Waals surface area contributed by atoms with Crippen LogP contribution in [0.25, 0.3) is 0 Å². The molecular formula is C19H26N2O3. The van der Waals surface area contributed by atoms with Gasteiger partial charge in [-0.1, -0.05) is 11.6 Å². The molecule has 1 aliphatic carbocycles. The maximum atomic E-state index is 12.2. The maximum absolute atomic E-state index is 12.2. The van der Waals surface area contributed by atoms with Crippen LogP contribution in [0.1, 0.15) is 55.3 Å². The Morgan fingerprint density at radius 2 is 2.17 bits per heavy atom. The van der Waals surface area contributed by atoms with Crippen LogP contribution in [0.15, 0.2) is 30.0 Å². The first kappa shape index (κ1) is 17.0. The van der Waals surface area contributed by atoms with Crippen molar-refractivity contribution in [3.63, 3.8) is 0 Å². The van der Waals surface area contributed by atoms with Gasteiger partial charge in [-0.15, -0.1) is 0 Å². The van der Waals surface area contributed by atoms with E-state index in [1.807, 2.05) is 0 Å². The van der Waals surface area contributed by atoms with E-state index in [1.54, 1.807) is 18.3 Å². The fraction of sp³-hybridized carbons (Fsp3) is 0.579. The first-order chi connectivity index (χ1) is 11.8. The molecular weight excluding hydrogens is 304 g/mol. The lowest BCUT2D eigenvalue weighted by molar-refractivity contribution is 0.0237. The molecule has 1 aromatic rings. The smallest absolute Gasteiger partial charge is 0.252 e. The van der Waals surface area contributed by atoms with Crippen LogP contribution in [0, 0.1) is 0 Å². The van der Waals surface area contributed by atoms with Gasteiger partial charge in [0.1, 0.15) is 6.10 Å². The fourth-order valence-electron chi connectivity index (χ4n) is 3.12. The van der Waals surface area contributed by atoms with Crippen LogP contribution in [0.4, 0.5) is 0 Å². The first-order valence-corrected chi connectivity index (χ1v) is 8.98. The topological polar surface area (TPSA) is 60.5 Å². The highest BCUT2D eigenvalue weighted by atomic mass is 16.5. The molecule has 0 saturated carbocycles. The molecule has 2 aliphatic rings. The van der Waals surface area contributed by atoms with Crippen LogP contribution >= 0.6 is 0 Å². The Morgan fingerprint density at radius 1 is 1.29 bits per heavy atom. The van der Waals surface area contributed by atoms with Gasteiger partial charge in [0.05, 0.1) is 18.8 Å². The number of nitrogens with zero attached hydrogens (tertiary/aromatic N) is 1. The summed E-state index contributed by atoms with van der Waals surface area (Å²) in [5, 5.41) is 2.97. The monoisotopic (exact) mass is 330 g/mol. The standard InChI is InChI=1S/C19H26N2O3/c22-19(20-11-8-15-4-2-1-3-5-15)16-6-7-18(21-14-16)24-17-9-12-23-13-10-17/h4,6-7,14,17H,1-3,5,8-13H2,(H,20,22). The molecule has 2 heterocycles. The quantitative estimate of drug-likeness (QED) is 0.813. The van der Waals surface area contributed by atoms with Crippen molar-refractivity contribution in [1.29, 1.82) is 0 Å². The van der Waals surface area contributed by atoms with Gasteiger partial charge in [-0.05, 0) is 38.2 Å². The predicted molar refractivity (Wildman–Crippen MR) is 92.2 cm³/mol. The van der Waals surface area contributed by atoms with Gasteiger partial charge < -0.3 is 14.8 Å². The number of hydrogen-bond donors (Lipinski definition) is 1. The molecule has 0 unspecified atom stereocenters. The van der Waals surface area contributed by atoms with E-state index in [9.17, 15) is 4.79 Å². The van der Waals surface area contributed by atoms with Crippen molar-refractivity contribution >= 4 is 5.91 Å². The van der Waals surface area contributed by atoms with Crippen LogP contribution in [-0.2, 0) is 4.74 Å². The molecule has 5 heteroatoms. The van der Waals surface area contributed by atoms with Gasteiger partial charge in [-0.25, -0.2) is 4.98 Å². The molecule has 5 nitrogen and oxygen atoms in total. The second-order valence-corrected chi connectivity index (χ2v) is 6.43. The number of amides is 1. The molecule has 0 radical (unpaired) electrons. The molecule has 1 N–H and O–H groups in total. The van der Waals surface area contributed by atoms with E-state index >= 15 is 0 Å². The summed E-state index contributed by atoms with van der Waals surface area (Å²) in [5.41, 5.74) is 2.05. The molecule has 130 valence electrons. The Balaban J connectivity index is 1.43. The molecule has 24 heavy (non-hydrogen) atoms. The number of carbonyl (C=O) groups is 1. The van der Waals surface area contributed by atoms with Crippen molar-refractivity contribution in [2.45, 2.75) is 51.0 Å². The molecule has 1 saturated heterocycles. The van der Waals surface area contributed by atoms with E-state index in [4.69, 9.17) is 9.47 Å². The molecule has 1 aromatic heterocycles. The van der Waals surface area contributed by atoms with Crippen LogP contribution < -0.4 is 10.1 Å². The van der Waals surface area contributed by atoms with Gasteiger partial charge in [0, 0.05) is 31.6 Å². The molecule has 1 fully saturated rings. The molecule has 0 atom stereocenters. The van der Waals surface area contributed by atoms with Gasteiger partial charge in [-0.2, -0.15) is 0 Å². The third-order valence-electron chi connectivity index (χ3n) is 4.57. The number of pyridine rings is 1. The largest absolute Gasteiger partial charge is 0.474 e. The number of aromatic nitrogens is 1. The van der Waals surface area contributed by atoms with E-state index < -0.39 is 0 Å². The summed E-state index contributed by atoms with van der Waals surface area (Å²) >= 11 is 0. The Hall–Kier alpha value is -1.88. The van der Waals surface area contributed by atoms with Gasteiger partial charge in [0.15, 0.2) is 0 Å². The molecule has 0 spiro atoms. The zero-order valence-electron chi connectivity index (χ0n) is 14.1. The molecule has 3 rings (SSSR count). The lowest BCUT2D eigenvalue weighted by atomic mass is 9.97. The Morgan fingerprint density at radius 3 is 2.88 bits per heavy atom. The van der Waals surface area contributed by atoms with Crippen molar-refractivity contribution in [3.05, 3.63) is 35.5 Å². The van der Waals surface area contributed by atoms with Crippen LogP contribution in [0.5, 0.6) is 5.88 Å². The average molecular weight is 330 g/mol. The van der Waals surface area contributed by atoms with Crippen molar-refractivity contribution in [2.75, 3.05) is 19.8 Å². The number of rotatable bonds is 6. The Labute approximate surface area is 143 Å². The minimum atomic E-state index is -0.0727. The summed E-state index contributed by atoms with van der Waals surface area (Å²) in [5.74, 6) is 0.502. The van der Waals surface area contributed by atoms with Crippen LogP contribution in [0.2, 0.25) is 0 Å². The second kappa shape index (κ2) is 8.83. The number of allylic oxidation sites excluding steroid dienone is 1. The summed E-state index contributed by atoms with van der Waals surface area (Å²) in [7, 11) is 0. The third kappa shape index (κ3) is 5.06. The van der Waals surface area contributed by atoms with Gasteiger partial charge >= 0.3 is 0 Å². The highest BCUT2D eigenvalue weighted by Gasteiger charge is 2.16. The van der Waals surface area contributed by atoms with Gasteiger partial charge in [-0.3, -0.25) is 4.79 Å². The number of carbonyl (C=O) groups excluding carboxylic acids is 1. The highest BCUT2D eigenvalue weighted by Crippen LogP contribution is 2.19. The van der Waals surface area contributed by atoms with Crippen LogP contribution in [-0.4, -0.2) is 36.8 Å². The fourth-order valence-corrected chi connectivity index (χ4v) is 3.12. The Kier molecular flexibility index (Phi) is 6.24. The molecule has 1 aliphatic heterocycles. The lowest BCUT2D eigenvalue weighted by Gasteiger charge is -2.22. The highest BCUT2D eigenvalue weighted by molar-refractivity contribution is 5.93. The average Bonchev–Trinajstić information content (AvgIpc) is 2.64. The molecule has 1 amide bonds. The summed E-state index contributed by atoms with van der Waals surface area (Å²) in [6.45, 7) is 2.16. The zero-order chi connectivity index (χ0) is 16.6. The minimum Gasteiger partial charge on any atom is -0.474 e. The number of hydrogen-bond acceptors (Lipinski definition) is 4. The van der Waals surface area contributed by atoms with E-state index in [0.29, 0.717) is 18.0 Å². The zero-order valence-corrected chi connectivity index (χ0v) is 14.1. The van der Waals surface area contributed by atoms with E-state index in [0.717, 1.165) is 32.5 Å². The van der Waals surface area contributed by atoms with Crippen molar-refractivity contribution in [1.82, 2.24) is 10.3 Å². The summed E-state index contributed by atoms with van der Waals surface area (Å²) in [6, 6.07) is 3.55. The molecule has 0 aromatic carbocycles. The first-order valence-electron chi connectivity index (χ1n) is 8.98. The van der Waals surface area contributed by atoms with Gasteiger partial charge in [0.2, 0.25) is 5.88 Å². The summed E-state index contributed by atoms with van der Waals surface area (Å²) < 4.78 is 11.1. The number of nitrogens with one attached hydrogen (secondary N) is 1. The molecule has 0 bridgehead atoms.